The number of ether oxygens (including phenoxy) is 1. The second kappa shape index (κ2) is 6.02. The number of carbonyl (C=O) groups excluding carboxylic acids is 1. The van der Waals surface area contributed by atoms with Crippen molar-refractivity contribution in [1.82, 2.24) is 10.6 Å². The van der Waals surface area contributed by atoms with E-state index in [1.807, 2.05) is 20.8 Å². The first-order valence-electron chi connectivity index (χ1n) is 6.97. The van der Waals surface area contributed by atoms with Gasteiger partial charge in [0.1, 0.15) is 0 Å². The van der Waals surface area contributed by atoms with Crippen LogP contribution in [0, 0.1) is 0 Å². The Bertz CT molecular complexity index is 284. The zero-order valence-corrected chi connectivity index (χ0v) is 12.4. The largest absolute Gasteiger partial charge is 0.374 e. The molecule has 4 nitrogen and oxygen atoms in total. The molecular weight excluding hydrogens is 228 g/mol. The molecule has 2 N–H and O–H groups in total. The van der Waals surface area contributed by atoms with Gasteiger partial charge in [0.25, 0.3) is 0 Å². The molecule has 1 aliphatic rings. The van der Waals surface area contributed by atoms with Gasteiger partial charge in [-0.2, -0.15) is 0 Å². The van der Waals surface area contributed by atoms with Crippen molar-refractivity contribution in [3.8, 4) is 0 Å². The zero-order valence-electron chi connectivity index (χ0n) is 12.4. The molecule has 1 rings (SSSR count). The maximum absolute atomic E-state index is 12.0. The van der Waals surface area contributed by atoms with Crippen LogP contribution in [0.15, 0.2) is 0 Å². The van der Waals surface area contributed by atoms with Crippen molar-refractivity contribution in [3.05, 3.63) is 0 Å². The van der Waals surface area contributed by atoms with Crippen LogP contribution in [0.1, 0.15) is 53.9 Å². The first kappa shape index (κ1) is 15.4. The topological polar surface area (TPSA) is 50.4 Å². The predicted molar refractivity (Wildman–Crippen MR) is 73.6 cm³/mol. The van der Waals surface area contributed by atoms with E-state index < -0.39 is 0 Å². The molecule has 1 fully saturated rings. The van der Waals surface area contributed by atoms with Gasteiger partial charge in [-0.3, -0.25) is 4.79 Å². The van der Waals surface area contributed by atoms with Crippen molar-refractivity contribution in [2.75, 3.05) is 13.2 Å². The maximum atomic E-state index is 12.0. The molecule has 0 spiro atoms. The molecular formula is C14H28N2O2. The lowest BCUT2D eigenvalue weighted by Gasteiger charge is -2.29. The maximum Gasteiger partial charge on any atom is 0.237 e. The molecule has 1 aliphatic heterocycles. The van der Waals surface area contributed by atoms with Gasteiger partial charge in [0.15, 0.2) is 0 Å². The summed E-state index contributed by atoms with van der Waals surface area (Å²) < 4.78 is 5.70. The lowest BCUT2D eigenvalue weighted by Crippen LogP contribution is -2.52. The van der Waals surface area contributed by atoms with E-state index in [0.29, 0.717) is 0 Å². The highest BCUT2D eigenvalue weighted by Gasteiger charge is 2.31. The normalized spacial score (nSPS) is 26.1. The Hall–Kier alpha value is -0.610. The second-order valence-electron chi connectivity index (χ2n) is 6.23. The monoisotopic (exact) mass is 256 g/mol. The first-order valence-corrected chi connectivity index (χ1v) is 6.97. The number of nitrogens with one attached hydrogen (secondary N) is 2. The Kier molecular flexibility index (Phi) is 5.17. The van der Waals surface area contributed by atoms with Crippen molar-refractivity contribution in [3.63, 3.8) is 0 Å². The summed E-state index contributed by atoms with van der Waals surface area (Å²) in [5.41, 5.74) is -0.240. The Morgan fingerprint density at radius 2 is 2.17 bits per heavy atom. The lowest BCUT2D eigenvalue weighted by atomic mass is 10.0. The van der Waals surface area contributed by atoms with Crippen LogP contribution < -0.4 is 10.6 Å². The van der Waals surface area contributed by atoms with E-state index in [0.717, 1.165) is 32.4 Å². The van der Waals surface area contributed by atoms with Gasteiger partial charge in [0, 0.05) is 18.7 Å². The fourth-order valence-corrected chi connectivity index (χ4v) is 1.97. The summed E-state index contributed by atoms with van der Waals surface area (Å²) in [4.78, 5) is 12.0. The summed E-state index contributed by atoms with van der Waals surface area (Å²) in [7, 11) is 0. The van der Waals surface area contributed by atoms with Crippen LogP contribution in [0.5, 0.6) is 0 Å². The van der Waals surface area contributed by atoms with Crippen LogP contribution in [0.25, 0.3) is 0 Å². The first-order chi connectivity index (χ1) is 8.28. The van der Waals surface area contributed by atoms with Gasteiger partial charge in [0.2, 0.25) is 5.91 Å². The number of hydrogen-bond donors (Lipinski definition) is 2. The number of rotatable bonds is 6. The second-order valence-corrected chi connectivity index (χ2v) is 6.23. The zero-order chi connectivity index (χ0) is 13.8. The molecule has 1 saturated heterocycles. The van der Waals surface area contributed by atoms with E-state index in [-0.39, 0.29) is 23.1 Å². The third kappa shape index (κ3) is 4.58. The smallest absolute Gasteiger partial charge is 0.237 e. The Balaban J connectivity index is 2.36. The summed E-state index contributed by atoms with van der Waals surface area (Å²) in [6.45, 7) is 11.7. The highest BCUT2D eigenvalue weighted by molar-refractivity contribution is 5.81. The molecule has 0 aromatic rings. The van der Waals surface area contributed by atoms with Crippen molar-refractivity contribution in [1.29, 1.82) is 0 Å². The van der Waals surface area contributed by atoms with Crippen molar-refractivity contribution < 1.29 is 9.53 Å². The summed E-state index contributed by atoms with van der Waals surface area (Å²) >= 11 is 0. The van der Waals surface area contributed by atoms with Gasteiger partial charge < -0.3 is 15.4 Å². The van der Waals surface area contributed by atoms with Gasteiger partial charge in [-0.1, -0.05) is 6.92 Å². The van der Waals surface area contributed by atoms with Crippen LogP contribution in [0.3, 0.4) is 0 Å². The fourth-order valence-electron chi connectivity index (χ4n) is 1.97. The summed E-state index contributed by atoms with van der Waals surface area (Å²) in [6, 6.07) is -0.183. The minimum atomic E-state index is -0.183. The summed E-state index contributed by atoms with van der Waals surface area (Å²) in [5, 5.41) is 6.33. The van der Waals surface area contributed by atoms with E-state index in [9.17, 15) is 4.79 Å². The average molecular weight is 256 g/mol. The Morgan fingerprint density at radius 1 is 1.50 bits per heavy atom. The molecule has 2 unspecified atom stereocenters. The van der Waals surface area contributed by atoms with Gasteiger partial charge >= 0.3 is 0 Å². The van der Waals surface area contributed by atoms with Crippen LogP contribution in [0.4, 0.5) is 0 Å². The average Bonchev–Trinajstić information content (AvgIpc) is 2.73. The van der Waals surface area contributed by atoms with E-state index in [1.165, 1.54) is 0 Å². The molecule has 0 saturated carbocycles. The molecule has 2 atom stereocenters. The molecule has 1 heterocycles. The molecule has 0 aliphatic carbocycles. The molecule has 106 valence electrons. The quantitative estimate of drug-likeness (QED) is 0.762. The van der Waals surface area contributed by atoms with E-state index in [2.05, 4.69) is 24.5 Å². The van der Waals surface area contributed by atoms with Crippen molar-refractivity contribution >= 4 is 5.91 Å². The highest BCUT2D eigenvalue weighted by Crippen LogP contribution is 2.24. The summed E-state index contributed by atoms with van der Waals surface area (Å²) in [5.74, 6) is 0.0587. The minimum absolute atomic E-state index is 0.0587. The van der Waals surface area contributed by atoms with Gasteiger partial charge in [-0.05, 0) is 47.0 Å². The minimum Gasteiger partial charge on any atom is -0.374 e. The van der Waals surface area contributed by atoms with Crippen molar-refractivity contribution in [2.24, 2.45) is 0 Å². The fraction of sp³-hybridized carbons (Fsp3) is 0.929. The molecule has 0 radical (unpaired) electrons. The molecule has 4 heteroatoms. The SMILES string of the molecule is CCC(C)(C)NC(=O)C(C)NCC1(C)CCCO1. The molecule has 1 amide bonds. The van der Waals surface area contributed by atoms with Crippen LogP contribution in [-0.2, 0) is 9.53 Å². The van der Waals surface area contributed by atoms with Crippen LogP contribution in [0.2, 0.25) is 0 Å². The Labute approximate surface area is 111 Å². The molecule has 0 bridgehead atoms. The highest BCUT2D eigenvalue weighted by atomic mass is 16.5. The van der Waals surface area contributed by atoms with E-state index >= 15 is 0 Å². The third-order valence-corrected chi connectivity index (χ3v) is 3.82. The molecule has 0 aromatic carbocycles. The number of carbonyl (C=O) groups is 1. The van der Waals surface area contributed by atoms with Crippen LogP contribution in [-0.4, -0.2) is 36.2 Å². The van der Waals surface area contributed by atoms with Gasteiger partial charge in [-0.25, -0.2) is 0 Å². The lowest BCUT2D eigenvalue weighted by molar-refractivity contribution is -0.124. The van der Waals surface area contributed by atoms with Gasteiger partial charge in [-0.15, -0.1) is 0 Å². The standard InChI is InChI=1S/C14H28N2O2/c1-6-13(3,4)16-12(17)11(2)15-10-14(5)8-7-9-18-14/h11,15H,6-10H2,1-5H3,(H,16,17). The summed E-state index contributed by atoms with van der Waals surface area (Å²) in [6.07, 6.45) is 3.10. The predicted octanol–water partition coefficient (Wildman–Crippen LogP) is 1.84. The van der Waals surface area contributed by atoms with Crippen LogP contribution >= 0.6 is 0 Å². The van der Waals surface area contributed by atoms with Gasteiger partial charge in [0.05, 0.1) is 11.6 Å². The Morgan fingerprint density at radius 3 is 2.67 bits per heavy atom. The molecule has 18 heavy (non-hydrogen) atoms. The van der Waals surface area contributed by atoms with Crippen molar-refractivity contribution in [2.45, 2.75) is 71.1 Å². The molecule has 0 aromatic heterocycles. The third-order valence-electron chi connectivity index (χ3n) is 3.82. The number of amides is 1. The van der Waals surface area contributed by atoms with E-state index in [4.69, 9.17) is 4.74 Å². The number of hydrogen-bond acceptors (Lipinski definition) is 3. The van der Waals surface area contributed by atoms with E-state index in [1.54, 1.807) is 0 Å².